The van der Waals surface area contributed by atoms with Crippen molar-refractivity contribution in [1.82, 2.24) is 9.97 Å². The van der Waals surface area contributed by atoms with Crippen molar-refractivity contribution >= 4 is 76.5 Å². The van der Waals surface area contributed by atoms with Crippen molar-refractivity contribution in [2.24, 2.45) is 0 Å². The molecule has 0 aliphatic heterocycles. The van der Waals surface area contributed by atoms with Gasteiger partial charge in [-0.05, 0) is 80.0 Å². The fraction of sp³-hybridized carbons (Fsp3) is 0.0169. The van der Waals surface area contributed by atoms with Crippen molar-refractivity contribution < 1.29 is 8.83 Å². The van der Waals surface area contributed by atoms with E-state index in [1.54, 1.807) is 0 Å². The lowest BCUT2D eigenvalue weighted by Gasteiger charge is -2.34. The molecule has 0 unspecified atom stereocenters. The Morgan fingerprint density at radius 3 is 1.40 bits per heavy atom. The van der Waals surface area contributed by atoms with Gasteiger partial charge in [0, 0.05) is 37.9 Å². The van der Waals surface area contributed by atoms with Crippen LogP contribution in [0.2, 0.25) is 0 Å². The maximum Gasteiger partial charge on any atom is 0.147 e. The van der Waals surface area contributed by atoms with Crippen LogP contribution in [-0.4, -0.2) is 9.97 Å². The van der Waals surface area contributed by atoms with Gasteiger partial charge >= 0.3 is 0 Å². The molecule has 0 spiro atoms. The number of hydrogen-bond donors (Lipinski definition) is 0. The molecule has 1 aliphatic rings. The van der Waals surface area contributed by atoms with E-state index in [0.29, 0.717) is 0 Å². The molecule has 4 heteroatoms. The minimum atomic E-state index is -0.679. The Kier molecular flexibility index (Phi) is 7.01. The molecule has 0 saturated heterocycles. The highest BCUT2D eigenvalue weighted by atomic mass is 16.3. The van der Waals surface area contributed by atoms with Crippen LogP contribution in [0.1, 0.15) is 22.3 Å². The Hall–Kier alpha value is -8.34. The van der Waals surface area contributed by atoms with Crippen molar-refractivity contribution in [1.29, 1.82) is 0 Å². The highest BCUT2D eigenvalue weighted by Gasteiger charge is 2.46. The van der Waals surface area contributed by atoms with Crippen molar-refractivity contribution in [3.8, 4) is 33.5 Å². The van der Waals surface area contributed by atoms with Crippen LogP contribution < -0.4 is 0 Å². The van der Waals surface area contributed by atoms with E-state index in [9.17, 15) is 0 Å². The van der Waals surface area contributed by atoms with E-state index in [1.807, 2.05) is 18.3 Å². The zero-order valence-electron chi connectivity index (χ0n) is 33.8. The molecule has 1 aliphatic carbocycles. The molecular weight excluding hydrogens is 769 g/mol. The Labute approximate surface area is 361 Å². The summed E-state index contributed by atoms with van der Waals surface area (Å²) in [5.41, 5.74) is 15.5. The molecule has 0 N–H and O–H groups in total. The number of hydrogen-bond acceptors (Lipinski definition) is 4. The zero-order valence-corrected chi connectivity index (χ0v) is 33.8. The molecule has 0 amide bonds. The minimum Gasteiger partial charge on any atom is -0.455 e. The van der Waals surface area contributed by atoms with Gasteiger partial charge < -0.3 is 8.83 Å². The maximum absolute atomic E-state index is 6.82. The van der Waals surface area contributed by atoms with Gasteiger partial charge in [-0.25, -0.2) is 4.98 Å². The van der Waals surface area contributed by atoms with Crippen LogP contribution in [-0.2, 0) is 5.41 Å². The van der Waals surface area contributed by atoms with E-state index in [1.165, 1.54) is 44.2 Å². The molecule has 63 heavy (non-hydrogen) atoms. The van der Waals surface area contributed by atoms with Gasteiger partial charge in [0.2, 0.25) is 0 Å². The SMILES string of the molecule is c1ccc(C2(c3ccccc3)c3cc(-c4cnc5c6ccccc6c6ccccc6c5n4)ccc3-c3ccc(-c4c5oc6ccccc6c5cc5c4oc4ccccc45)cc32)cc1. The molecule has 13 aromatic rings. The Bertz CT molecular complexity index is 3870. The van der Waals surface area contributed by atoms with Crippen molar-refractivity contribution in [2.45, 2.75) is 5.41 Å². The third-order valence-corrected chi connectivity index (χ3v) is 13.6. The van der Waals surface area contributed by atoms with E-state index < -0.39 is 5.41 Å². The van der Waals surface area contributed by atoms with Crippen molar-refractivity contribution in [3.05, 3.63) is 229 Å². The van der Waals surface area contributed by atoms with Gasteiger partial charge in [0.25, 0.3) is 0 Å². The predicted molar refractivity (Wildman–Crippen MR) is 257 cm³/mol. The van der Waals surface area contributed by atoms with Crippen LogP contribution in [0, 0.1) is 0 Å². The summed E-state index contributed by atoms with van der Waals surface area (Å²) >= 11 is 0. The van der Waals surface area contributed by atoms with Crippen LogP contribution in [0.3, 0.4) is 0 Å². The first kappa shape index (κ1) is 34.4. The number of aromatic nitrogens is 2. The molecule has 0 atom stereocenters. The fourth-order valence-corrected chi connectivity index (χ4v) is 10.9. The molecule has 3 aromatic heterocycles. The summed E-state index contributed by atoms with van der Waals surface area (Å²) in [6.07, 6.45) is 1.95. The van der Waals surface area contributed by atoms with E-state index in [0.717, 1.165) is 88.1 Å². The second-order valence-corrected chi connectivity index (χ2v) is 16.7. The van der Waals surface area contributed by atoms with Crippen LogP contribution in [0.15, 0.2) is 215 Å². The number of furan rings is 2. The topological polar surface area (TPSA) is 52.1 Å². The second-order valence-electron chi connectivity index (χ2n) is 16.7. The smallest absolute Gasteiger partial charge is 0.147 e. The zero-order chi connectivity index (χ0) is 41.2. The first-order valence-electron chi connectivity index (χ1n) is 21.5. The number of rotatable bonds is 4. The number of benzene rings is 10. The first-order valence-corrected chi connectivity index (χ1v) is 21.5. The summed E-state index contributed by atoms with van der Waals surface area (Å²) in [4.78, 5) is 10.6. The van der Waals surface area contributed by atoms with Gasteiger partial charge in [-0.2, -0.15) is 0 Å². The molecule has 4 nitrogen and oxygen atoms in total. The van der Waals surface area contributed by atoms with Crippen molar-refractivity contribution in [3.63, 3.8) is 0 Å². The number of nitrogens with zero attached hydrogens (tertiary/aromatic N) is 2. The maximum atomic E-state index is 6.82. The lowest BCUT2D eigenvalue weighted by atomic mass is 9.67. The third-order valence-electron chi connectivity index (χ3n) is 13.6. The molecule has 3 heterocycles. The largest absolute Gasteiger partial charge is 0.455 e. The molecule has 0 fully saturated rings. The number of para-hydroxylation sites is 2. The van der Waals surface area contributed by atoms with Gasteiger partial charge in [0.15, 0.2) is 0 Å². The lowest BCUT2D eigenvalue weighted by molar-refractivity contribution is 0.658. The minimum absolute atomic E-state index is 0.679. The average Bonchev–Trinajstić information content (AvgIpc) is 4.01. The summed E-state index contributed by atoms with van der Waals surface area (Å²) in [6.45, 7) is 0. The summed E-state index contributed by atoms with van der Waals surface area (Å²) in [5, 5.41) is 8.89. The highest BCUT2D eigenvalue weighted by Crippen LogP contribution is 2.58. The molecular formula is C59H34N2O2. The second kappa shape index (κ2) is 12.8. The monoisotopic (exact) mass is 802 g/mol. The molecule has 0 saturated carbocycles. The fourth-order valence-electron chi connectivity index (χ4n) is 10.9. The summed E-state index contributed by atoms with van der Waals surface area (Å²) in [5.74, 6) is 0. The summed E-state index contributed by atoms with van der Waals surface area (Å²) < 4.78 is 13.6. The summed E-state index contributed by atoms with van der Waals surface area (Å²) in [6, 6.07) is 71.7. The Morgan fingerprint density at radius 1 is 0.365 bits per heavy atom. The van der Waals surface area contributed by atoms with Gasteiger partial charge in [0.05, 0.1) is 33.9 Å². The quantitative estimate of drug-likeness (QED) is 0.166. The van der Waals surface area contributed by atoms with Crippen LogP contribution in [0.25, 0.3) is 110 Å². The van der Waals surface area contributed by atoms with Gasteiger partial charge in [-0.1, -0.05) is 170 Å². The van der Waals surface area contributed by atoms with Gasteiger partial charge in [-0.3, -0.25) is 4.98 Å². The van der Waals surface area contributed by atoms with Crippen LogP contribution in [0.4, 0.5) is 0 Å². The van der Waals surface area contributed by atoms with Crippen LogP contribution >= 0.6 is 0 Å². The normalized spacial score (nSPS) is 13.2. The van der Waals surface area contributed by atoms with Gasteiger partial charge in [0.1, 0.15) is 22.3 Å². The lowest BCUT2D eigenvalue weighted by Crippen LogP contribution is -2.28. The molecule has 292 valence electrons. The number of fused-ring (bicyclic) bond motifs is 15. The summed E-state index contributed by atoms with van der Waals surface area (Å²) in [7, 11) is 0. The Balaban J connectivity index is 1.05. The average molecular weight is 803 g/mol. The van der Waals surface area contributed by atoms with E-state index in [4.69, 9.17) is 18.8 Å². The first-order chi connectivity index (χ1) is 31.2. The molecule has 0 radical (unpaired) electrons. The van der Waals surface area contributed by atoms with E-state index in [-0.39, 0.29) is 0 Å². The Morgan fingerprint density at radius 2 is 0.825 bits per heavy atom. The van der Waals surface area contributed by atoms with E-state index >= 15 is 0 Å². The van der Waals surface area contributed by atoms with Crippen LogP contribution in [0.5, 0.6) is 0 Å². The standard InChI is InChI=1S/C59H34N2O2/c1-3-15-37(16-4-1)59(38-17-5-2-6-18-38)49-31-35(51-34-60-55-45-23-9-7-19-39(45)40-20-8-10-24-46(40)56(55)61-51)27-29-41(49)42-30-28-36(32-50(42)59)54-57-47(43-21-11-13-25-52(43)62-57)33-48-44-22-12-14-26-53(44)63-58(48)54/h1-34H. The third kappa shape index (κ3) is 4.69. The van der Waals surface area contributed by atoms with Crippen molar-refractivity contribution in [2.75, 3.05) is 0 Å². The molecule has 14 rings (SSSR count). The van der Waals surface area contributed by atoms with E-state index in [2.05, 4.69) is 188 Å². The molecule has 0 bridgehead atoms. The van der Waals surface area contributed by atoms with Gasteiger partial charge in [-0.15, -0.1) is 0 Å². The highest BCUT2D eigenvalue weighted by molar-refractivity contribution is 6.24. The molecule has 10 aromatic carbocycles. The predicted octanol–water partition coefficient (Wildman–Crippen LogP) is 15.4.